The van der Waals surface area contributed by atoms with Crippen LogP contribution < -0.4 is 5.32 Å². The van der Waals surface area contributed by atoms with Crippen LogP contribution in [0.1, 0.15) is 15.9 Å². The third kappa shape index (κ3) is 5.04. The van der Waals surface area contributed by atoms with Crippen molar-refractivity contribution in [3.05, 3.63) is 68.9 Å². The Bertz CT molecular complexity index is 739. The van der Waals surface area contributed by atoms with Crippen molar-refractivity contribution in [1.29, 1.82) is 0 Å². The number of carbonyl (C=O) groups is 2. The van der Waals surface area contributed by atoms with Crippen molar-refractivity contribution in [1.82, 2.24) is 5.32 Å². The number of carbonyl (C=O) groups excluding carboxylic acids is 2. The summed E-state index contributed by atoms with van der Waals surface area (Å²) in [5.41, 5.74) is 0.903. The van der Waals surface area contributed by atoms with E-state index < -0.39 is 24.3 Å². The van der Waals surface area contributed by atoms with Crippen LogP contribution in [0.4, 0.5) is 4.39 Å². The van der Waals surface area contributed by atoms with Crippen LogP contribution in [0.15, 0.2) is 46.9 Å². The standard InChI is InChI=1S/C16H12BrClFNO3/c17-13-7-11(19)5-6-12(13)16(22)23-9-15(21)20-8-10-3-1-2-4-14(10)18/h1-7H,8-9H2,(H,20,21). The molecule has 0 atom stereocenters. The van der Waals surface area contributed by atoms with Gasteiger partial charge in [-0.15, -0.1) is 0 Å². The fourth-order valence-electron chi connectivity index (χ4n) is 1.75. The van der Waals surface area contributed by atoms with E-state index in [1.807, 2.05) is 0 Å². The van der Waals surface area contributed by atoms with Gasteiger partial charge in [0.05, 0.1) is 5.56 Å². The zero-order valence-electron chi connectivity index (χ0n) is 11.8. The lowest BCUT2D eigenvalue weighted by atomic mass is 10.2. The summed E-state index contributed by atoms with van der Waals surface area (Å²) < 4.78 is 18.1. The number of ether oxygens (including phenoxy) is 1. The highest BCUT2D eigenvalue weighted by Crippen LogP contribution is 2.19. The van der Waals surface area contributed by atoms with E-state index in [0.717, 1.165) is 17.7 Å². The van der Waals surface area contributed by atoms with Crippen molar-refractivity contribution in [2.24, 2.45) is 0 Å². The van der Waals surface area contributed by atoms with E-state index in [-0.39, 0.29) is 16.6 Å². The van der Waals surface area contributed by atoms with Crippen LogP contribution in [0, 0.1) is 5.82 Å². The molecular formula is C16H12BrClFNO3. The molecule has 7 heteroatoms. The van der Waals surface area contributed by atoms with Crippen molar-refractivity contribution < 1.29 is 18.7 Å². The summed E-state index contributed by atoms with van der Waals surface area (Å²) in [7, 11) is 0. The Kier molecular flexibility index (Phi) is 6.12. The van der Waals surface area contributed by atoms with Crippen molar-refractivity contribution in [3.63, 3.8) is 0 Å². The Hall–Kier alpha value is -1.92. The Morgan fingerprint density at radius 3 is 2.65 bits per heavy atom. The molecule has 2 aromatic rings. The van der Waals surface area contributed by atoms with E-state index in [4.69, 9.17) is 16.3 Å². The monoisotopic (exact) mass is 399 g/mol. The molecule has 0 aromatic heterocycles. The minimum Gasteiger partial charge on any atom is -0.452 e. The molecule has 0 bridgehead atoms. The molecule has 2 aromatic carbocycles. The zero-order chi connectivity index (χ0) is 16.8. The lowest BCUT2D eigenvalue weighted by Gasteiger charge is -2.08. The van der Waals surface area contributed by atoms with E-state index in [2.05, 4.69) is 21.2 Å². The summed E-state index contributed by atoms with van der Waals surface area (Å²) in [6.07, 6.45) is 0. The number of hydrogen-bond donors (Lipinski definition) is 1. The molecule has 2 rings (SSSR count). The molecule has 120 valence electrons. The second kappa shape index (κ2) is 8.08. The maximum Gasteiger partial charge on any atom is 0.339 e. The first-order valence-corrected chi connectivity index (χ1v) is 7.77. The van der Waals surface area contributed by atoms with E-state index in [0.29, 0.717) is 5.02 Å². The first kappa shape index (κ1) is 17.4. The molecular weight excluding hydrogens is 389 g/mol. The van der Waals surface area contributed by atoms with Crippen LogP contribution in [-0.4, -0.2) is 18.5 Å². The molecule has 0 aliphatic heterocycles. The normalized spacial score (nSPS) is 10.2. The second-order valence-electron chi connectivity index (χ2n) is 4.57. The molecule has 23 heavy (non-hydrogen) atoms. The predicted molar refractivity (Wildman–Crippen MR) is 87.7 cm³/mol. The Morgan fingerprint density at radius 1 is 1.22 bits per heavy atom. The minimum absolute atomic E-state index is 0.144. The van der Waals surface area contributed by atoms with Gasteiger partial charge in [-0.1, -0.05) is 29.8 Å². The number of hydrogen-bond acceptors (Lipinski definition) is 3. The van der Waals surface area contributed by atoms with Gasteiger partial charge in [0.25, 0.3) is 5.91 Å². The number of nitrogens with one attached hydrogen (secondary N) is 1. The predicted octanol–water partition coefficient (Wildman–Crippen LogP) is 3.71. The van der Waals surface area contributed by atoms with Crippen LogP contribution in [-0.2, 0) is 16.1 Å². The smallest absolute Gasteiger partial charge is 0.339 e. The Balaban J connectivity index is 1.84. The molecule has 0 saturated carbocycles. The molecule has 0 aliphatic carbocycles. The Morgan fingerprint density at radius 2 is 1.96 bits per heavy atom. The molecule has 0 saturated heterocycles. The zero-order valence-corrected chi connectivity index (χ0v) is 14.2. The molecule has 1 N–H and O–H groups in total. The van der Waals surface area contributed by atoms with Crippen LogP contribution >= 0.6 is 27.5 Å². The number of esters is 1. The van der Waals surface area contributed by atoms with E-state index >= 15 is 0 Å². The molecule has 0 aliphatic rings. The molecule has 4 nitrogen and oxygen atoms in total. The van der Waals surface area contributed by atoms with Crippen LogP contribution in [0.5, 0.6) is 0 Å². The number of rotatable bonds is 5. The first-order valence-electron chi connectivity index (χ1n) is 6.59. The SMILES string of the molecule is O=C(COC(=O)c1ccc(F)cc1Br)NCc1ccccc1Cl. The topological polar surface area (TPSA) is 55.4 Å². The van der Waals surface area contributed by atoms with Gasteiger partial charge in [-0.3, -0.25) is 4.79 Å². The highest BCUT2D eigenvalue weighted by molar-refractivity contribution is 9.10. The van der Waals surface area contributed by atoms with Gasteiger partial charge in [-0.05, 0) is 45.8 Å². The first-order chi connectivity index (χ1) is 11.0. The summed E-state index contributed by atoms with van der Waals surface area (Å²) in [6.45, 7) is -0.205. The van der Waals surface area contributed by atoms with Crippen LogP contribution in [0.25, 0.3) is 0 Å². The lowest BCUT2D eigenvalue weighted by molar-refractivity contribution is -0.124. The molecule has 1 amide bonds. The van der Waals surface area contributed by atoms with Gasteiger partial charge >= 0.3 is 5.97 Å². The largest absolute Gasteiger partial charge is 0.452 e. The summed E-state index contributed by atoms with van der Waals surface area (Å²) in [4.78, 5) is 23.5. The van der Waals surface area contributed by atoms with Gasteiger partial charge in [-0.25, -0.2) is 9.18 Å². The van der Waals surface area contributed by atoms with Gasteiger partial charge in [0.2, 0.25) is 0 Å². The molecule has 0 spiro atoms. The van der Waals surface area contributed by atoms with Crippen molar-refractivity contribution in [2.45, 2.75) is 6.54 Å². The van der Waals surface area contributed by atoms with Crippen LogP contribution in [0.2, 0.25) is 5.02 Å². The van der Waals surface area contributed by atoms with Crippen LogP contribution in [0.3, 0.4) is 0 Å². The second-order valence-corrected chi connectivity index (χ2v) is 5.83. The van der Waals surface area contributed by atoms with E-state index in [1.165, 1.54) is 6.07 Å². The van der Waals surface area contributed by atoms with Gasteiger partial charge < -0.3 is 10.1 Å². The molecule has 0 radical (unpaired) electrons. The number of benzene rings is 2. The van der Waals surface area contributed by atoms with Crippen molar-refractivity contribution >= 4 is 39.4 Å². The third-order valence-electron chi connectivity index (χ3n) is 2.92. The third-order valence-corrected chi connectivity index (χ3v) is 3.94. The quantitative estimate of drug-likeness (QED) is 0.779. The minimum atomic E-state index is -0.718. The fraction of sp³-hybridized carbons (Fsp3) is 0.125. The van der Waals surface area contributed by atoms with E-state index in [1.54, 1.807) is 24.3 Å². The fourth-order valence-corrected chi connectivity index (χ4v) is 2.47. The molecule has 0 unspecified atom stereocenters. The van der Waals surface area contributed by atoms with Gasteiger partial charge in [0.1, 0.15) is 5.82 Å². The van der Waals surface area contributed by atoms with Gasteiger partial charge in [0.15, 0.2) is 6.61 Å². The summed E-state index contributed by atoms with van der Waals surface area (Å²) in [5, 5.41) is 3.14. The summed E-state index contributed by atoms with van der Waals surface area (Å²) in [6, 6.07) is 10.7. The maximum absolute atomic E-state index is 13.0. The van der Waals surface area contributed by atoms with E-state index in [9.17, 15) is 14.0 Å². The van der Waals surface area contributed by atoms with Crippen molar-refractivity contribution in [3.8, 4) is 0 Å². The van der Waals surface area contributed by atoms with Crippen molar-refractivity contribution in [2.75, 3.05) is 6.61 Å². The summed E-state index contributed by atoms with van der Waals surface area (Å²) in [5.74, 6) is -1.66. The highest BCUT2D eigenvalue weighted by Gasteiger charge is 2.14. The lowest BCUT2D eigenvalue weighted by Crippen LogP contribution is -2.28. The Labute approximate surface area is 145 Å². The molecule has 0 heterocycles. The molecule has 0 fully saturated rings. The average Bonchev–Trinajstić information content (AvgIpc) is 2.52. The number of halogens is 3. The summed E-state index contributed by atoms with van der Waals surface area (Å²) >= 11 is 9.04. The maximum atomic E-state index is 13.0. The van der Waals surface area contributed by atoms with Gasteiger partial charge in [-0.2, -0.15) is 0 Å². The highest BCUT2D eigenvalue weighted by atomic mass is 79.9. The number of amides is 1. The average molecular weight is 401 g/mol. The van der Waals surface area contributed by atoms with Gasteiger partial charge in [0, 0.05) is 16.0 Å².